The minimum absolute atomic E-state index is 0.0101. The van der Waals surface area contributed by atoms with Gasteiger partial charge in [0.25, 0.3) is 0 Å². The molecule has 1 aromatic carbocycles. The van der Waals surface area contributed by atoms with Crippen molar-refractivity contribution >= 4 is 0 Å². The Morgan fingerprint density at radius 2 is 1.81 bits per heavy atom. The summed E-state index contributed by atoms with van der Waals surface area (Å²) in [6.07, 6.45) is 7.03. The van der Waals surface area contributed by atoms with Gasteiger partial charge in [-0.15, -0.1) is 0 Å². The molecule has 16 heavy (non-hydrogen) atoms. The van der Waals surface area contributed by atoms with E-state index in [4.69, 9.17) is 0 Å². The van der Waals surface area contributed by atoms with E-state index in [1.807, 2.05) is 12.1 Å². The fourth-order valence-corrected chi connectivity index (χ4v) is 3.00. The molecule has 1 saturated carbocycles. The van der Waals surface area contributed by atoms with Crippen LogP contribution < -0.4 is 0 Å². The third-order valence-corrected chi connectivity index (χ3v) is 4.07. The maximum atomic E-state index is 10.00. The first-order valence-electron chi connectivity index (χ1n) is 6.21. The van der Waals surface area contributed by atoms with Crippen LogP contribution in [0.15, 0.2) is 18.2 Å². The number of hydrogen-bond acceptors (Lipinski definition) is 2. The minimum Gasteiger partial charge on any atom is -0.504 e. The lowest BCUT2D eigenvalue weighted by Gasteiger charge is -2.37. The van der Waals surface area contributed by atoms with Gasteiger partial charge < -0.3 is 10.2 Å². The molecule has 2 heteroatoms. The average Bonchev–Trinajstić information content (AvgIpc) is 2.33. The second-order valence-corrected chi connectivity index (χ2v) is 4.87. The van der Waals surface area contributed by atoms with Gasteiger partial charge in [0.05, 0.1) is 0 Å². The standard InChI is InChI=1S/C14H20O2/c1-2-14(9-4-3-5-10-14)11-7-6-8-12(15)13(11)16/h6-8,15-16H,2-5,9-10H2,1H3. The molecule has 1 aromatic rings. The van der Waals surface area contributed by atoms with E-state index in [-0.39, 0.29) is 16.9 Å². The molecule has 88 valence electrons. The number of benzene rings is 1. The predicted octanol–water partition coefficient (Wildman–Crippen LogP) is 3.71. The van der Waals surface area contributed by atoms with Gasteiger partial charge in [-0.1, -0.05) is 38.3 Å². The van der Waals surface area contributed by atoms with E-state index in [1.54, 1.807) is 6.07 Å². The van der Waals surface area contributed by atoms with Crippen molar-refractivity contribution in [2.45, 2.75) is 50.9 Å². The lowest BCUT2D eigenvalue weighted by atomic mass is 9.67. The summed E-state index contributed by atoms with van der Waals surface area (Å²) in [4.78, 5) is 0. The number of hydrogen-bond donors (Lipinski definition) is 2. The molecule has 0 heterocycles. The summed E-state index contributed by atoms with van der Waals surface area (Å²) in [6, 6.07) is 5.34. The van der Waals surface area contributed by atoms with Crippen molar-refractivity contribution in [3.8, 4) is 11.5 Å². The van der Waals surface area contributed by atoms with E-state index in [1.165, 1.54) is 19.3 Å². The maximum absolute atomic E-state index is 10.00. The summed E-state index contributed by atoms with van der Waals surface area (Å²) in [5.74, 6) is 0.0992. The van der Waals surface area contributed by atoms with Crippen LogP contribution in [0, 0.1) is 0 Å². The van der Waals surface area contributed by atoms with Crippen molar-refractivity contribution in [1.29, 1.82) is 0 Å². The highest BCUT2D eigenvalue weighted by molar-refractivity contribution is 5.48. The van der Waals surface area contributed by atoms with Gasteiger partial charge in [-0.05, 0) is 30.7 Å². The highest BCUT2D eigenvalue weighted by atomic mass is 16.3. The molecule has 2 N–H and O–H groups in total. The zero-order chi connectivity index (χ0) is 11.6. The van der Waals surface area contributed by atoms with Crippen molar-refractivity contribution in [2.24, 2.45) is 0 Å². The van der Waals surface area contributed by atoms with Gasteiger partial charge >= 0.3 is 0 Å². The molecule has 0 atom stereocenters. The second-order valence-electron chi connectivity index (χ2n) is 4.87. The average molecular weight is 220 g/mol. The summed E-state index contributed by atoms with van der Waals surface area (Å²) in [7, 11) is 0. The molecule has 0 amide bonds. The molecule has 0 saturated heterocycles. The zero-order valence-corrected chi connectivity index (χ0v) is 9.87. The van der Waals surface area contributed by atoms with Gasteiger partial charge in [0.15, 0.2) is 11.5 Å². The molecule has 2 rings (SSSR count). The Morgan fingerprint density at radius 3 is 2.44 bits per heavy atom. The number of phenols is 2. The smallest absolute Gasteiger partial charge is 0.161 e. The Hall–Kier alpha value is -1.18. The van der Waals surface area contributed by atoms with Crippen molar-refractivity contribution in [3.63, 3.8) is 0 Å². The van der Waals surface area contributed by atoms with Gasteiger partial charge in [0, 0.05) is 5.56 Å². The van der Waals surface area contributed by atoms with Crippen molar-refractivity contribution in [3.05, 3.63) is 23.8 Å². The Balaban J connectivity index is 2.43. The lowest BCUT2D eigenvalue weighted by Crippen LogP contribution is -2.28. The van der Waals surface area contributed by atoms with Gasteiger partial charge in [-0.25, -0.2) is 0 Å². The molecule has 0 unspecified atom stereocenters. The molecular weight excluding hydrogens is 200 g/mol. The Labute approximate surface area is 96.9 Å². The number of aromatic hydroxyl groups is 2. The van der Waals surface area contributed by atoms with Crippen molar-refractivity contribution in [2.75, 3.05) is 0 Å². The quantitative estimate of drug-likeness (QED) is 0.746. The van der Waals surface area contributed by atoms with Gasteiger partial charge in [-0.3, -0.25) is 0 Å². The molecule has 0 spiro atoms. The van der Waals surface area contributed by atoms with E-state index in [9.17, 15) is 10.2 Å². The largest absolute Gasteiger partial charge is 0.504 e. The van der Waals surface area contributed by atoms with Crippen LogP contribution in [0.3, 0.4) is 0 Å². The first kappa shape index (κ1) is 11.3. The predicted molar refractivity (Wildman–Crippen MR) is 64.8 cm³/mol. The third-order valence-electron chi connectivity index (χ3n) is 4.07. The first-order chi connectivity index (χ1) is 7.69. The molecule has 0 aliphatic heterocycles. The topological polar surface area (TPSA) is 40.5 Å². The van der Waals surface area contributed by atoms with E-state index in [2.05, 4.69) is 6.92 Å². The van der Waals surface area contributed by atoms with Gasteiger partial charge in [0.2, 0.25) is 0 Å². The molecule has 1 fully saturated rings. The van der Waals surface area contributed by atoms with Crippen LogP contribution in [0.25, 0.3) is 0 Å². The summed E-state index contributed by atoms with van der Waals surface area (Å²) < 4.78 is 0. The minimum atomic E-state index is 0.0101. The molecule has 0 aromatic heterocycles. The fourth-order valence-electron chi connectivity index (χ4n) is 3.00. The lowest BCUT2D eigenvalue weighted by molar-refractivity contribution is 0.271. The highest BCUT2D eigenvalue weighted by Gasteiger charge is 2.34. The van der Waals surface area contributed by atoms with Gasteiger partial charge in [-0.2, -0.15) is 0 Å². The van der Waals surface area contributed by atoms with Crippen LogP contribution in [0.1, 0.15) is 51.0 Å². The van der Waals surface area contributed by atoms with E-state index < -0.39 is 0 Å². The fraction of sp³-hybridized carbons (Fsp3) is 0.571. The second kappa shape index (κ2) is 4.36. The molecular formula is C14H20O2. The molecule has 1 aliphatic carbocycles. The summed E-state index contributed by atoms with van der Waals surface area (Å²) in [6.45, 7) is 2.18. The van der Waals surface area contributed by atoms with E-state index in [0.717, 1.165) is 24.8 Å². The number of phenolic OH excluding ortho intramolecular Hbond substituents is 2. The molecule has 2 nitrogen and oxygen atoms in total. The summed E-state index contributed by atoms with van der Waals surface area (Å²) >= 11 is 0. The highest BCUT2D eigenvalue weighted by Crippen LogP contribution is 2.47. The molecule has 0 radical (unpaired) electrons. The van der Waals surface area contributed by atoms with Crippen molar-refractivity contribution in [1.82, 2.24) is 0 Å². The van der Waals surface area contributed by atoms with Crippen LogP contribution in [0.5, 0.6) is 11.5 Å². The number of para-hydroxylation sites is 1. The number of rotatable bonds is 2. The van der Waals surface area contributed by atoms with E-state index >= 15 is 0 Å². The van der Waals surface area contributed by atoms with E-state index in [0.29, 0.717) is 0 Å². The molecule has 1 aliphatic rings. The summed E-state index contributed by atoms with van der Waals surface area (Å²) in [5.41, 5.74) is 1.02. The Morgan fingerprint density at radius 1 is 1.12 bits per heavy atom. The van der Waals surface area contributed by atoms with Crippen LogP contribution in [0.4, 0.5) is 0 Å². The SMILES string of the molecule is CCC1(c2cccc(O)c2O)CCCCC1. The normalized spacial score (nSPS) is 19.6. The first-order valence-corrected chi connectivity index (χ1v) is 6.21. The van der Waals surface area contributed by atoms with Crippen LogP contribution in [-0.4, -0.2) is 10.2 Å². The molecule has 0 bridgehead atoms. The van der Waals surface area contributed by atoms with Crippen molar-refractivity contribution < 1.29 is 10.2 Å². The van der Waals surface area contributed by atoms with Crippen LogP contribution in [0.2, 0.25) is 0 Å². The maximum Gasteiger partial charge on any atom is 0.161 e. The Bertz CT molecular complexity index is 365. The summed E-state index contributed by atoms with van der Waals surface area (Å²) in [5, 5.41) is 19.6. The Kier molecular flexibility index (Phi) is 3.08. The monoisotopic (exact) mass is 220 g/mol. The van der Waals surface area contributed by atoms with Crippen LogP contribution >= 0.6 is 0 Å². The van der Waals surface area contributed by atoms with Crippen LogP contribution in [-0.2, 0) is 5.41 Å². The zero-order valence-electron chi connectivity index (χ0n) is 9.87. The van der Waals surface area contributed by atoms with Gasteiger partial charge in [0.1, 0.15) is 0 Å². The third kappa shape index (κ3) is 1.77.